The van der Waals surface area contributed by atoms with Gasteiger partial charge in [-0.05, 0) is 19.8 Å². The Kier molecular flexibility index (Phi) is 4.43. The van der Waals surface area contributed by atoms with Crippen molar-refractivity contribution in [2.45, 2.75) is 25.7 Å². The lowest BCUT2D eigenvalue weighted by molar-refractivity contribution is 0.0698. The van der Waals surface area contributed by atoms with Crippen molar-refractivity contribution < 1.29 is 9.32 Å². The summed E-state index contributed by atoms with van der Waals surface area (Å²) >= 11 is 0. The summed E-state index contributed by atoms with van der Waals surface area (Å²) in [6.07, 6.45) is 4.74. The number of nitrogens with zero attached hydrogens (tertiary/aromatic N) is 5. The molecule has 0 N–H and O–H groups in total. The van der Waals surface area contributed by atoms with Gasteiger partial charge in [-0.15, -0.1) is 0 Å². The van der Waals surface area contributed by atoms with Gasteiger partial charge >= 0.3 is 0 Å². The van der Waals surface area contributed by atoms with Gasteiger partial charge in [-0.2, -0.15) is 4.98 Å². The number of aromatic nitrogens is 4. The molecule has 0 radical (unpaired) electrons. The summed E-state index contributed by atoms with van der Waals surface area (Å²) in [5.74, 6) is 1.35. The van der Waals surface area contributed by atoms with Crippen molar-refractivity contribution in [1.82, 2.24) is 25.0 Å². The molecule has 3 heterocycles. The van der Waals surface area contributed by atoms with Crippen LogP contribution in [0, 0.1) is 6.92 Å². The second-order valence-electron chi connectivity index (χ2n) is 6.43. The van der Waals surface area contributed by atoms with Crippen LogP contribution in [-0.2, 0) is 0 Å². The number of likely N-dealkylation sites (tertiary alicyclic amines) is 1. The molecular weight excluding hydrogens is 330 g/mol. The van der Waals surface area contributed by atoms with Gasteiger partial charge < -0.3 is 9.42 Å². The highest BCUT2D eigenvalue weighted by molar-refractivity contribution is 5.92. The number of carbonyl (C=O) groups is 1. The van der Waals surface area contributed by atoms with Crippen LogP contribution in [0.2, 0.25) is 0 Å². The van der Waals surface area contributed by atoms with Crippen molar-refractivity contribution in [1.29, 1.82) is 0 Å². The molecule has 1 aliphatic heterocycles. The molecule has 1 fully saturated rings. The van der Waals surface area contributed by atoms with Gasteiger partial charge in [0, 0.05) is 30.8 Å². The summed E-state index contributed by atoms with van der Waals surface area (Å²) in [5, 5.41) is 4.09. The lowest BCUT2D eigenvalue weighted by atomic mass is 9.96. The van der Waals surface area contributed by atoms with E-state index in [1.165, 1.54) is 6.20 Å². The number of hydrogen-bond acceptors (Lipinski definition) is 6. The lowest BCUT2D eigenvalue weighted by Crippen LogP contribution is -2.38. The third kappa shape index (κ3) is 3.33. The van der Waals surface area contributed by atoms with Crippen molar-refractivity contribution >= 4 is 5.91 Å². The third-order valence-corrected chi connectivity index (χ3v) is 4.61. The Morgan fingerprint density at radius 1 is 1.12 bits per heavy atom. The van der Waals surface area contributed by atoms with E-state index in [9.17, 15) is 4.79 Å². The summed E-state index contributed by atoms with van der Waals surface area (Å²) < 4.78 is 5.47. The second kappa shape index (κ2) is 7.03. The van der Waals surface area contributed by atoms with Gasteiger partial charge in [-0.1, -0.05) is 35.5 Å². The van der Waals surface area contributed by atoms with Crippen molar-refractivity contribution in [3.8, 4) is 11.4 Å². The molecule has 1 aromatic carbocycles. The number of rotatable bonds is 3. The fourth-order valence-corrected chi connectivity index (χ4v) is 3.10. The molecule has 0 atom stereocenters. The summed E-state index contributed by atoms with van der Waals surface area (Å²) in [7, 11) is 0. The predicted molar refractivity (Wildman–Crippen MR) is 94.4 cm³/mol. The third-order valence-electron chi connectivity index (χ3n) is 4.61. The van der Waals surface area contributed by atoms with E-state index in [-0.39, 0.29) is 11.8 Å². The van der Waals surface area contributed by atoms with E-state index in [1.807, 2.05) is 42.2 Å². The zero-order valence-corrected chi connectivity index (χ0v) is 14.5. The topological polar surface area (TPSA) is 85.0 Å². The fraction of sp³-hybridized carbons (Fsp3) is 0.316. The standard InChI is InChI=1S/C19H19N5O2/c1-13-11-21-16(12-20-13)19(25)24-9-7-15(8-10-24)18-22-17(23-26-18)14-5-3-2-4-6-14/h2-6,11-12,15H,7-10H2,1H3. The number of hydrogen-bond donors (Lipinski definition) is 0. The number of piperidine rings is 1. The highest BCUT2D eigenvalue weighted by Gasteiger charge is 2.28. The van der Waals surface area contributed by atoms with Crippen LogP contribution >= 0.6 is 0 Å². The van der Waals surface area contributed by atoms with E-state index in [0.29, 0.717) is 30.5 Å². The molecule has 1 amide bonds. The van der Waals surface area contributed by atoms with Gasteiger partial charge in [0.2, 0.25) is 11.7 Å². The SMILES string of the molecule is Cc1cnc(C(=O)N2CCC(c3nc(-c4ccccc4)no3)CC2)cn1. The Bertz CT molecular complexity index is 884. The van der Waals surface area contributed by atoms with Crippen LogP contribution in [0.1, 0.15) is 40.8 Å². The molecule has 1 saturated heterocycles. The fourth-order valence-electron chi connectivity index (χ4n) is 3.10. The molecule has 2 aromatic heterocycles. The van der Waals surface area contributed by atoms with Gasteiger partial charge in [0.25, 0.3) is 5.91 Å². The molecule has 3 aromatic rings. The molecule has 7 nitrogen and oxygen atoms in total. The first-order valence-electron chi connectivity index (χ1n) is 8.67. The van der Waals surface area contributed by atoms with Crippen LogP contribution in [0.5, 0.6) is 0 Å². The van der Waals surface area contributed by atoms with Crippen LogP contribution in [0.3, 0.4) is 0 Å². The summed E-state index contributed by atoms with van der Waals surface area (Å²) in [4.78, 5) is 27.2. The second-order valence-corrected chi connectivity index (χ2v) is 6.43. The monoisotopic (exact) mass is 349 g/mol. The Hall–Kier alpha value is -3.09. The summed E-state index contributed by atoms with van der Waals surface area (Å²) in [5.41, 5.74) is 2.12. The number of carbonyl (C=O) groups excluding carboxylic acids is 1. The maximum atomic E-state index is 12.5. The number of benzene rings is 1. The maximum absolute atomic E-state index is 12.5. The van der Waals surface area contributed by atoms with E-state index in [4.69, 9.17) is 4.52 Å². The molecule has 132 valence electrons. The van der Waals surface area contributed by atoms with Crippen LogP contribution in [0.25, 0.3) is 11.4 Å². The minimum Gasteiger partial charge on any atom is -0.339 e. The Balaban J connectivity index is 1.40. The molecule has 0 unspecified atom stereocenters. The maximum Gasteiger partial charge on any atom is 0.274 e. The average Bonchev–Trinajstić information content (AvgIpc) is 3.19. The van der Waals surface area contributed by atoms with Crippen LogP contribution < -0.4 is 0 Å². The summed E-state index contributed by atoms with van der Waals surface area (Å²) in [6.45, 7) is 3.13. The minimum atomic E-state index is -0.0774. The van der Waals surface area contributed by atoms with Crippen molar-refractivity contribution in [3.63, 3.8) is 0 Å². The van der Waals surface area contributed by atoms with Gasteiger partial charge in [0.1, 0.15) is 5.69 Å². The van der Waals surface area contributed by atoms with Gasteiger partial charge in [-0.25, -0.2) is 4.98 Å². The van der Waals surface area contributed by atoms with Crippen LogP contribution in [-0.4, -0.2) is 44.0 Å². The highest BCUT2D eigenvalue weighted by Crippen LogP contribution is 2.28. The molecular formula is C19H19N5O2. The van der Waals surface area contributed by atoms with Crippen molar-refractivity contribution in [2.24, 2.45) is 0 Å². The molecule has 26 heavy (non-hydrogen) atoms. The average molecular weight is 349 g/mol. The van der Waals surface area contributed by atoms with E-state index in [1.54, 1.807) is 6.20 Å². The van der Waals surface area contributed by atoms with E-state index in [2.05, 4.69) is 20.1 Å². The molecule has 1 aliphatic rings. The lowest BCUT2D eigenvalue weighted by Gasteiger charge is -2.30. The van der Waals surface area contributed by atoms with Gasteiger partial charge in [-0.3, -0.25) is 9.78 Å². The van der Waals surface area contributed by atoms with Gasteiger partial charge in [0.15, 0.2) is 0 Å². The molecule has 0 aliphatic carbocycles. The van der Waals surface area contributed by atoms with Gasteiger partial charge in [0.05, 0.1) is 11.9 Å². The van der Waals surface area contributed by atoms with E-state index < -0.39 is 0 Å². The molecule has 4 rings (SSSR count). The Morgan fingerprint density at radius 3 is 2.58 bits per heavy atom. The molecule has 0 bridgehead atoms. The van der Waals surface area contributed by atoms with Crippen molar-refractivity contribution in [3.05, 3.63) is 60.0 Å². The smallest absolute Gasteiger partial charge is 0.274 e. The predicted octanol–water partition coefficient (Wildman–Crippen LogP) is 2.85. The quantitative estimate of drug-likeness (QED) is 0.723. The Labute approximate surface area is 151 Å². The Morgan fingerprint density at radius 2 is 1.88 bits per heavy atom. The molecule has 0 spiro atoms. The first-order chi connectivity index (χ1) is 12.7. The number of aryl methyl sites for hydroxylation is 1. The zero-order chi connectivity index (χ0) is 17.9. The van der Waals surface area contributed by atoms with Crippen LogP contribution in [0.4, 0.5) is 0 Å². The minimum absolute atomic E-state index is 0.0774. The first-order valence-corrected chi connectivity index (χ1v) is 8.67. The molecule has 7 heteroatoms. The zero-order valence-electron chi connectivity index (χ0n) is 14.5. The first kappa shape index (κ1) is 16.4. The highest BCUT2D eigenvalue weighted by atomic mass is 16.5. The van der Waals surface area contributed by atoms with Crippen molar-refractivity contribution in [2.75, 3.05) is 13.1 Å². The largest absolute Gasteiger partial charge is 0.339 e. The van der Waals surface area contributed by atoms with E-state index in [0.717, 1.165) is 24.1 Å². The molecule has 0 saturated carbocycles. The summed E-state index contributed by atoms with van der Waals surface area (Å²) in [6, 6.07) is 9.76. The van der Waals surface area contributed by atoms with Crippen LogP contribution in [0.15, 0.2) is 47.2 Å². The van der Waals surface area contributed by atoms with E-state index >= 15 is 0 Å². The number of amides is 1. The normalized spacial score (nSPS) is 15.2.